The summed E-state index contributed by atoms with van der Waals surface area (Å²) < 4.78 is 4.80. The molecule has 2 heterocycles. The average Bonchev–Trinajstić information content (AvgIpc) is 3.20. The zero-order chi connectivity index (χ0) is 24.4. The molecule has 1 aromatic heterocycles. The summed E-state index contributed by atoms with van der Waals surface area (Å²) in [6.45, 7) is 4.40. The third-order valence-electron chi connectivity index (χ3n) is 5.79. The number of carbonyl (C=O) groups excluding carboxylic acids is 3. The summed E-state index contributed by atoms with van der Waals surface area (Å²) in [7, 11) is 5.12. The van der Waals surface area contributed by atoms with Gasteiger partial charge in [0.25, 0.3) is 11.7 Å². The number of rotatable bonds is 7. The van der Waals surface area contributed by atoms with Crippen molar-refractivity contribution in [1.82, 2.24) is 14.8 Å². The topological polar surface area (TPSA) is 103 Å². The molecule has 1 saturated heterocycles. The summed E-state index contributed by atoms with van der Waals surface area (Å²) in [5, 5.41) is 11.8. The number of esters is 1. The van der Waals surface area contributed by atoms with Gasteiger partial charge in [-0.3, -0.25) is 9.59 Å². The molecule has 9 heteroatoms. The van der Waals surface area contributed by atoms with Crippen LogP contribution in [0.1, 0.15) is 45.3 Å². The number of hydrogen-bond acceptors (Lipinski definition) is 6. The third-order valence-corrected chi connectivity index (χ3v) is 6.05. The lowest BCUT2D eigenvalue weighted by molar-refractivity contribution is -0.139. The van der Waals surface area contributed by atoms with Crippen LogP contribution in [0, 0.1) is 13.8 Å². The SMILES string of the molecule is COC(=O)c1[nH]c(C)c(/C(O)=C2\C(=O)C(=O)N(CCCN(C)C)[C@@H]2c2ccc(Cl)cc2)c1C. The Balaban J connectivity index is 2.17. The fourth-order valence-corrected chi connectivity index (χ4v) is 4.33. The summed E-state index contributed by atoms with van der Waals surface area (Å²) >= 11 is 6.05. The molecule has 0 spiro atoms. The van der Waals surface area contributed by atoms with E-state index in [0.717, 1.165) is 6.54 Å². The number of methoxy groups -OCH3 is 1. The Bertz CT molecular complexity index is 1120. The molecular formula is C24H28ClN3O5. The molecule has 0 radical (unpaired) electrons. The fraction of sp³-hybridized carbons (Fsp3) is 0.375. The molecule has 1 amide bonds. The standard InChI is InChI=1S/C24H28ClN3O5/c1-13-17(14(2)26-19(13)24(32)33-5)21(29)18-20(15-7-9-16(25)10-8-15)28(23(31)22(18)30)12-6-11-27(3)4/h7-10,20,26,29H,6,11-12H2,1-5H3/b21-18+/t20-/m1/s1. The molecule has 3 rings (SSSR count). The number of aromatic amines is 1. The number of nitrogens with zero attached hydrogens (tertiary/aromatic N) is 2. The van der Waals surface area contributed by atoms with Crippen molar-refractivity contribution in [3.63, 3.8) is 0 Å². The van der Waals surface area contributed by atoms with Crippen LogP contribution in [0.5, 0.6) is 0 Å². The number of carbonyl (C=O) groups is 3. The molecule has 1 atom stereocenters. The maximum atomic E-state index is 13.2. The van der Waals surface area contributed by atoms with E-state index in [0.29, 0.717) is 40.4 Å². The normalized spacial score (nSPS) is 17.8. The van der Waals surface area contributed by atoms with Gasteiger partial charge in [0.15, 0.2) is 0 Å². The monoisotopic (exact) mass is 473 g/mol. The van der Waals surface area contributed by atoms with Crippen LogP contribution in [0.25, 0.3) is 5.76 Å². The van der Waals surface area contributed by atoms with Crippen molar-refractivity contribution in [3.8, 4) is 0 Å². The third kappa shape index (κ3) is 4.67. The summed E-state index contributed by atoms with van der Waals surface area (Å²) in [6.07, 6.45) is 0.652. The van der Waals surface area contributed by atoms with E-state index in [9.17, 15) is 19.5 Å². The van der Waals surface area contributed by atoms with Crippen molar-refractivity contribution in [3.05, 3.63) is 62.9 Å². The highest BCUT2D eigenvalue weighted by Crippen LogP contribution is 2.41. The van der Waals surface area contributed by atoms with E-state index in [4.69, 9.17) is 16.3 Å². The average molecular weight is 474 g/mol. The molecule has 33 heavy (non-hydrogen) atoms. The van der Waals surface area contributed by atoms with Crippen LogP contribution in [0.2, 0.25) is 5.02 Å². The first-order valence-corrected chi connectivity index (χ1v) is 10.9. The number of ketones is 1. The van der Waals surface area contributed by atoms with Crippen molar-refractivity contribution in [2.45, 2.75) is 26.3 Å². The van der Waals surface area contributed by atoms with Crippen LogP contribution in [0.15, 0.2) is 29.8 Å². The van der Waals surface area contributed by atoms with E-state index in [2.05, 4.69) is 4.98 Å². The predicted molar refractivity (Wildman–Crippen MR) is 125 cm³/mol. The number of aryl methyl sites for hydroxylation is 1. The Morgan fingerprint density at radius 3 is 2.42 bits per heavy atom. The van der Waals surface area contributed by atoms with Gasteiger partial charge in [-0.25, -0.2) is 4.79 Å². The van der Waals surface area contributed by atoms with E-state index in [1.807, 2.05) is 19.0 Å². The number of likely N-dealkylation sites (tertiary alicyclic amines) is 1. The Morgan fingerprint density at radius 1 is 1.21 bits per heavy atom. The van der Waals surface area contributed by atoms with Gasteiger partial charge in [-0.2, -0.15) is 0 Å². The van der Waals surface area contributed by atoms with Crippen LogP contribution < -0.4 is 0 Å². The fourth-order valence-electron chi connectivity index (χ4n) is 4.21. The molecule has 1 aliphatic rings. The first-order valence-electron chi connectivity index (χ1n) is 10.5. The molecule has 0 aliphatic carbocycles. The van der Waals surface area contributed by atoms with Gasteiger partial charge in [-0.05, 0) is 64.2 Å². The first kappa shape index (κ1) is 24.5. The molecule has 1 aromatic carbocycles. The smallest absolute Gasteiger partial charge is 0.354 e. The lowest BCUT2D eigenvalue weighted by Gasteiger charge is -2.26. The Labute approximate surface area is 197 Å². The van der Waals surface area contributed by atoms with Gasteiger partial charge in [0, 0.05) is 22.8 Å². The molecule has 8 nitrogen and oxygen atoms in total. The van der Waals surface area contributed by atoms with E-state index >= 15 is 0 Å². The number of benzene rings is 1. The summed E-state index contributed by atoms with van der Waals surface area (Å²) in [6, 6.07) is 6.06. The largest absolute Gasteiger partial charge is 0.507 e. The van der Waals surface area contributed by atoms with Crippen molar-refractivity contribution in [1.29, 1.82) is 0 Å². The Kier molecular flexibility index (Phi) is 7.29. The van der Waals surface area contributed by atoms with Gasteiger partial charge in [0.1, 0.15) is 11.5 Å². The number of ether oxygens (including phenoxy) is 1. The maximum absolute atomic E-state index is 13.2. The molecule has 2 aromatic rings. The maximum Gasteiger partial charge on any atom is 0.354 e. The second-order valence-corrected chi connectivity index (χ2v) is 8.75. The highest BCUT2D eigenvalue weighted by molar-refractivity contribution is 6.46. The molecule has 2 N–H and O–H groups in total. The first-order chi connectivity index (χ1) is 15.6. The van der Waals surface area contributed by atoms with Crippen molar-refractivity contribution in [2.75, 3.05) is 34.3 Å². The van der Waals surface area contributed by atoms with Crippen LogP contribution in [-0.4, -0.2) is 71.8 Å². The molecule has 0 bridgehead atoms. The Morgan fingerprint density at radius 2 is 1.85 bits per heavy atom. The second-order valence-electron chi connectivity index (χ2n) is 8.32. The summed E-state index contributed by atoms with van der Waals surface area (Å²) in [5.74, 6) is -2.36. The highest BCUT2D eigenvalue weighted by Gasteiger charge is 2.46. The number of aromatic nitrogens is 1. The number of H-pyrrole nitrogens is 1. The van der Waals surface area contributed by atoms with E-state index < -0.39 is 23.7 Å². The summed E-state index contributed by atoms with van der Waals surface area (Å²) in [5.41, 5.74) is 2.04. The van der Waals surface area contributed by atoms with Gasteiger partial charge in [-0.15, -0.1) is 0 Å². The number of aliphatic hydroxyl groups excluding tert-OH is 1. The van der Waals surface area contributed by atoms with Gasteiger partial charge >= 0.3 is 5.97 Å². The lowest BCUT2D eigenvalue weighted by Crippen LogP contribution is -2.32. The minimum absolute atomic E-state index is 0.0196. The molecular weight excluding hydrogens is 446 g/mol. The highest BCUT2D eigenvalue weighted by atomic mass is 35.5. The van der Waals surface area contributed by atoms with E-state index in [1.54, 1.807) is 38.1 Å². The van der Waals surface area contributed by atoms with Crippen molar-refractivity contribution < 1.29 is 24.2 Å². The number of halogens is 1. The number of hydrogen-bond donors (Lipinski definition) is 2. The minimum Gasteiger partial charge on any atom is -0.507 e. The Hall–Kier alpha value is -3.10. The number of aliphatic hydroxyl groups is 1. The number of Topliss-reactive ketones (excluding diaryl/α,β-unsaturated/α-hetero) is 1. The van der Waals surface area contributed by atoms with Crippen LogP contribution in [0.3, 0.4) is 0 Å². The van der Waals surface area contributed by atoms with Gasteiger partial charge < -0.3 is 24.6 Å². The predicted octanol–water partition coefficient (Wildman–Crippen LogP) is 3.44. The van der Waals surface area contributed by atoms with Crippen molar-refractivity contribution in [2.24, 2.45) is 0 Å². The van der Waals surface area contributed by atoms with Crippen LogP contribution in [0.4, 0.5) is 0 Å². The lowest BCUT2D eigenvalue weighted by atomic mass is 9.94. The van der Waals surface area contributed by atoms with Crippen LogP contribution >= 0.6 is 11.6 Å². The second kappa shape index (κ2) is 9.80. The van der Waals surface area contributed by atoms with E-state index in [1.165, 1.54) is 12.0 Å². The molecule has 1 fully saturated rings. The van der Waals surface area contributed by atoms with Gasteiger partial charge in [-0.1, -0.05) is 23.7 Å². The number of amides is 1. The molecule has 0 saturated carbocycles. The quantitative estimate of drug-likeness (QED) is 0.276. The van der Waals surface area contributed by atoms with Gasteiger partial charge in [0.05, 0.1) is 18.7 Å². The van der Waals surface area contributed by atoms with Crippen molar-refractivity contribution >= 4 is 35.0 Å². The number of nitrogens with one attached hydrogen (secondary N) is 1. The zero-order valence-corrected chi connectivity index (χ0v) is 20.1. The minimum atomic E-state index is -0.778. The summed E-state index contributed by atoms with van der Waals surface area (Å²) in [4.78, 5) is 44.7. The van der Waals surface area contributed by atoms with E-state index in [-0.39, 0.29) is 17.0 Å². The molecule has 176 valence electrons. The molecule has 1 aliphatic heterocycles. The molecule has 0 unspecified atom stereocenters. The van der Waals surface area contributed by atoms with Crippen LogP contribution in [-0.2, 0) is 14.3 Å². The van der Waals surface area contributed by atoms with Gasteiger partial charge in [0.2, 0.25) is 0 Å². The zero-order valence-electron chi connectivity index (χ0n) is 19.4.